The number of piperidine rings is 3. The number of ether oxygens (including phenoxy) is 1. The molecule has 168 valence electrons. The van der Waals surface area contributed by atoms with E-state index in [-0.39, 0.29) is 11.9 Å². The first-order chi connectivity index (χ1) is 15.7. The zero-order chi connectivity index (χ0) is 21.7. The van der Waals surface area contributed by atoms with E-state index in [2.05, 4.69) is 26.1 Å². The highest BCUT2D eigenvalue weighted by molar-refractivity contribution is 5.94. The second-order valence-electron chi connectivity index (χ2n) is 9.87. The number of hydrogen-bond acceptors (Lipinski definition) is 4. The number of carbonyl (C=O) groups is 1. The number of fused-ring (bicyclic) bond motifs is 6. The van der Waals surface area contributed by atoms with Crippen LogP contribution in [0.25, 0.3) is 11.3 Å². The van der Waals surface area contributed by atoms with Gasteiger partial charge in [-0.1, -0.05) is 30.2 Å². The summed E-state index contributed by atoms with van der Waals surface area (Å²) in [6.07, 6.45) is 10.0. The molecule has 1 aromatic heterocycles. The molecule has 3 aliphatic heterocycles. The lowest BCUT2D eigenvalue weighted by atomic mass is 9.68. The first kappa shape index (κ1) is 20.0. The van der Waals surface area contributed by atoms with Gasteiger partial charge in [0.05, 0.1) is 18.8 Å². The molecule has 4 aliphatic rings. The molecule has 1 amide bonds. The van der Waals surface area contributed by atoms with E-state index in [1.165, 1.54) is 37.8 Å². The summed E-state index contributed by atoms with van der Waals surface area (Å²) >= 11 is 0. The average molecular weight is 433 g/mol. The van der Waals surface area contributed by atoms with E-state index in [0.717, 1.165) is 49.0 Å². The van der Waals surface area contributed by atoms with Crippen LogP contribution in [0, 0.1) is 11.8 Å². The molecule has 0 saturated carbocycles. The number of amides is 1. The highest BCUT2D eigenvalue weighted by Gasteiger charge is 2.47. The van der Waals surface area contributed by atoms with Crippen molar-refractivity contribution in [3.05, 3.63) is 47.7 Å². The first-order valence-corrected chi connectivity index (χ1v) is 12.2. The summed E-state index contributed by atoms with van der Waals surface area (Å²) in [5.74, 6) is 2.07. The molecule has 3 fully saturated rings. The van der Waals surface area contributed by atoms with Crippen LogP contribution in [0.1, 0.15) is 49.0 Å². The van der Waals surface area contributed by atoms with Gasteiger partial charge in [-0.05, 0) is 68.7 Å². The van der Waals surface area contributed by atoms with Gasteiger partial charge in [0.1, 0.15) is 11.4 Å². The van der Waals surface area contributed by atoms with E-state index < -0.39 is 0 Å². The van der Waals surface area contributed by atoms with E-state index in [0.29, 0.717) is 17.5 Å². The maximum atomic E-state index is 13.7. The summed E-state index contributed by atoms with van der Waals surface area (Å²) in [6.45, 7) is 3.20. The SMILES string of the molecule is COc1ccccc1-c1cc(C(=O)N2CCCC3=C[C@H]4C[C@H](CN5CCCC[C@@H]45)[C@@H]32)[nH]n1. The van der Waals surface area contributed by atoms with Crippen molar-refractivity contribution >= 4 is 5.91 Å². The summed E-state index contributed by atoms with van der Waals surface area (Å²) in [6, 6.07) is 10.7. The molecule has 0 unspecified atom stereocenters. The number of benzene rings is 1. The van der Waals surface area contributed by atoms with Crippen LogP contribution >= 0.6 is 0 Å². The zero-order valence-corrected chi connectivity index (χ0v) is 18.8. The molecular formula is C26H32N4O2. The minimum Gasteiger partial charge on any atom is -0.496 e. The number of rotatable bonds is 3. The fourth-order valence-corrected chi connectivity index (χ4v) is 6.78. The van der Waals surface area contributed by atoms with Gasteiger partial charge in [0, 0.05) is 24.7 Å². The van der Waals surface area contributed by atoms with Crippen molar-refractivity contribution in [1.82, 2.24) is 20.0 Å². The predicted molar refractivity (Wildman–Crippen MR) is 124 cm³/mol. The summed E-state index contributed by atoms with van der Waals surface area (Å²) in [5, 5.41) is 7.48. The number of carbonyl (C=O) groups excluding carboxylic acids is 1. The van der Waals surface area contributed by atoms with Crippen LogP contribution in [-0.4, -0.2) is 64.7 Å². The number of aromatic amines is 1. The fourth-order valence-electron chi connectivity index (χ4n) is 6.78. The van der Waals surface area contributed by atoms with Crippen LogP contribution in [0.5, 0.6) is 5.75 Å². The van der Waals surface area contributed by atoms with Gasteiger partial charge in [0.2, 0.25) is 0 Å². The molecule has 2 aromatic rings. The molecule has 6 rings (SSSR count). The Bertz CT molecular complexity index is 1040. The molecule has 1 N–H and O–H groups in total. The minimum absolute atomic E-state index is 0.0773. The number of methoxy groups -OCH3 is 1. The second-order valence-corrected chi connectivity index (χ2v) is 9.87. The summed E-state index contributed by atoms with van der Waals surface area (Å²) in [4.78, 5) is 18.5. The Kier molecular flexibility index (Phi) is 5.05. The molecule has 1 aromatic carbocycles. The van der Waals surface area contributed by atoms with Gasteiger partial charge in [-0.2, -0.15) is 5.10 Å². The minimum atomic E-state index is 0.0773. The van der Waals surface area contributed by atoms with Gasteiger partial charge in [0.15, 0.2) is 0 Å². The van der Waals surface area contributed by atoms with Gasteiger partial charge < -0.3 is 9.64 Å². The van der Waals surface area contributed by atoms with Gasteiger partial charge in [-0.25, -0.2) is 0 Å². The number of likely N-dealkylation sites (tertiary alicyclic amines) is 1. The van der Waals surface area contributed by atoms with Crippen molar-refractivity contribution in [2.24, 2.45) is 11.8 Å². The molecule has 6 nitrogen and oxygen atoms in total. The third-order valence-corrected chi connectivity index (χ3v) is 8.11. The van der Waals surface area contributed by atoms with Crippen molar-refractivity contribution in [3.8, 4) is 17.0 Å². The molecule has 2 bridgehead atoms. The molecule has 0 radical (unpaired) electrons. The van der Waals surface area contributed by atoms with E-state index >= 15 is 0 Å². The highest BCUT2D eigenvalue weighted by atomic mass is 16.5. The lowest BCUT2D eigenvalue weighted by Gasteiger charge is -2.54. The number of hydrogen-bond donors (Lipinski definition) is 1. The number of para-hydroxylation sites is 1. The number of aromatic nitrogens is 2. The molecule has 1 aliphatic carbocycles. The topological polar surface area (TPSA) is 61.5 Å². The zero-order valence-electron chi connectivity index (χ0n) is 18.8. The Morgan fingerprint density at radius 2 is 2.09 bits per heavy atom. The van der Waals surface area contributed by atoms with Gasteiger partial charge in [-0.15, -0.1) is 0 Å². The fraction of sp³-hybridized carbons (Fsp3) is 0.538. The number of nitrogens with one attached hydrogen (secondary N) is 1. The standard InChI is InChI=1S/C26H32N4O2/c1-32-24-10-3-2-8-20(24)21-15-22(28-27-21)26(31)30-12-6-7-17-13-18-14-19(25(17)30)16-29-11-5-4-9-23(18)29/h2-3,8,10,13,15,18-19,23,25H,4-7,9,11-12,14,16H2,1H3,(H,27,28)/t18-,19+,23-,25+/m0/s1. The Morgan fingerprint density at radius 3 is 3.00 bits per heavy atom. The normalized spacial score (nSPS) is 29.7. The molecule has 3 saturated heterocycles. The Hall–Kier alpha value is -2.60. The molecule has 32 heavy (non-hydrogen) atoms. The monoisotopic (exact) mass is 432 g/mol. The second kappa shape index (κ2) is 8.07. The van der Waals surface area contributed by atoms with Gasteiger partial charge in [-0.3, -0.25) is 14.8 Å². The summed E-state index contributed by atoms with van der Waals surface area (Å²) in [5.41, 5.74) is 3.73. The van der Waals surface area contributed by atoms with Crippen LogP contribution in [-0.2, 0) is 0 Å². The Balaban J connectivity index is 1.28. The highest BCUT2D eigenvalue weighted by Crippen LogP contribution is 2.45. The average Bonchev–Trinajstić information content (AvgIpc) is 3.33. The number of H-pyrrole nitrogens is 1. The van der Waals surface area contributed by atoms with Crippen LogP contribution < -0.4 is 4.74 Å². The molecule has 4 atom stereocenters. The van der Waals surface area contributed by atoms with Crippen LogP contribution in [0.15, 0.2) is 42.0 Å². The van der Waals surface area contributed by atoms with Crippen molar-refractivity contribution in [2.45, 2.75) is 50.6 Å². The van der Waals surface area contributed by atoms with Crippen LogP contribution in [0.3, 0.4) is 0 Å². The quantitative estimate of drug-likeness (QED) is 0.741. The van der Waals surface area contributed by atoms with Crippen LogP contribution in [0.4, 0.5) is 0 Å². The molecule has 6 heteroatoms. The van der Waals surface area contributed by atoms with Gasteiger partial charge >= 0.3 is 0 Å². The molecule has 4 heterocycles. The molecular weight excluding hydrogens is 400 g/mol. The van der Waals surface area contributed by atoms with E-state index in [4.69, 9.17) is 4.74 Å². The number of nitrogens with zero attached hydrogens (tertiary/aromatic N) is 3. The van der Waals surface area contributed by atoms with Crippen molar-refractivity contribution in [1.29, 1.82) is 0 Å². The lowest BCUT2D eigenvalue weighted by molar-refractivity contribution is 0.00131. The lowest BCUT2D eigenvalue weighted by Crippen LogP contribution is -2.60. The maximum Gasteiger partial charge on any atom is 0.272 e. The predicted octanol–water partition coefficient (Wildman–Crippen LogP) is 4.12. The third kappa shape index (κ3) is 3.27. The van der Waals surface area contributed by atoms with E-state index in [9.17, 15) is 4.79 Å². The summed E-state index contributed by atoms with van der Waals surface area (Å²) < 4.78 is 5.48. The Labute approximate surface area is 189 Å². The Morgan fingerprint density at radius 1 is 1.19 bits per heavy atom. The smallest absolute Gasteiger partial charge is 0.272 e. The van der Waals surface area contributed by atoms with Crippen molar-refractivity contribution < 1.29 is 9.53 Å². The summed E-state index contributed by atoms with van der Waals surface area (Å²) in [7, 11) is 1.66. The van der Waals surface area contributed by atoms with Crippen molar-refractivity contribution in [2.75, 3.05) is 26.7 Å². The molecule has 0 spiro atoms. The van der Waals surface area contributed by atoms with Crippen LogP contribution in [0.2, 0.25) is 0 Å². The first-order valence-electron chi connectivity index (χ1n) is 12.2. The van der Waals surface area contributed by atoms with E-state index in [1.54, 1.807) is 7.11 Å². The van der Waals surface area contributed by atoms with E-state index in [1.807, 2.05) is 30.3 Å². The van der Waals surface area contributed by atoms with Gasteiger partial charge in [0.25, 0.3) is 5.91 Å². The third-order valence-electron chi connectivity index (χ3n) is 8.11. The maximum absolute atomic E-state index is 13.7. The van der Waals surface area contributed by atoms with Crippen molar-refractivity contribution in [3.63, 3.8) is 0 Å². The largest absolute Gasteiger partial charge is 0.496 e.